The summed E-state index contributed by atoms with van der Waals surface area (Å²) in [5, 5.41) is 6.92. The Balaban J connectivity index is 1.26. The van der Waals surface area contributed by atoms with Crippen LogP contribution in [0.25, 0.3) is 16.8 Å². The summed E-state index contributed by atoms with van der Waals surface area (Å²) in [4.78, 5) is 31.9. The summed E-state index contributed by atoms with van der Waals surface area (Å²) in [6.45, 7) is 0.230. The minimum atomic E-state index is -0.955. The van der Waals surface area contributed by atoms with Crippen LogP contribution in [0.2, 0.25) is 0 Å². The number of carbonyl (C=O) groups excluding carboxylic acids is 1. The molecule has 0 radical (unpaired) electrons. The first-order valence-electron chi connectivity index (χ1n) is 10.8. The normalized spacial score (nSPS) is 11.0. The number of fused-ring (bicyclic) bond motifs is 1. The highest BCUT2D eigenvalue weighted by Gasteiger charge is 2.12. The van der Waals surface area contributed by atoms with Crippen LogP contribution in [0.3, 0.4) is 0 Å². The van der Waals surface area contributed by atoms with E-state index >= 15 is 0 Å². The lowest BCUT2D eigenvalue weighted by molar-refractivity contribution is 0.0949. The number of hydrogen-bond acceptors (Lipinski definition) is 4. The van der Waals surface area contributed by atoms with Crippen LogP contribution in [-0.2, 0) is 13.0 Å². The third-order valence-electron chi connectivity index (χ3n) is 5.58. The van der Waals surface area contributed by atoms with Crippen molar-refractivity contribution in [1.82, 2.24) is 24.9 Å². The van der Waals surface area contributed by atoms with Crippen LogP contribution in [0.5, 0.6) is 0 Å². The van der Waals surface area contributed by atoms with Gasteiger partial charge in [-0.2, -0.15) is 5.10 Å². The summed E-state index contributed by atoms with van der Waals surface area (Å²) in [6, 6.07) is 18.1. The van der Waals surface area contributed by atoms with Crippen molar-refractivity contribution in [3.63, 3.8) is 0 Å². The molecule has 0 saturated carbocycles. The van der Waals surface area contributed by atoms with Gasteiger partial charge in [-0.1, -0.05) is 24.3 Å². The minimum Gasteiger partial charge on any atom is -0.348 e. The largest absolute Gasteiger partial charge is 0.348 e. The first-order chi connectivity index (χ1) is 17.0. The Morgan fingerprint density at radius 3 is 2.66 bits per heavy atom. The Morgan fingerprint density at radius 1 is 0.943 bits per heavy atom. The minimum absolute atomic E-state index is 0.0353. The zero-order chi connectivity index (χ0) is 24.4. The van der Waals surface area contributed by atoms with Gasteiger partial charge in [0.1, 0.15) is 11.9 Å². The molecule has 1 amide bonds. The molecule has 0 fully saturated rings. The number of pyridine rings is 2. The Morgan fingerprint density at radius 2 is 1.83 bits per heavy atom. The van der Waals surface area contributed by atoms with E-state index in [-0.39, 0.29) is 18.5 Å². The number of carbonyl (C=O) groups is 1. The number of aromatic amines is 1. The van der Waals surface area contributed by atoms with E-state index in [1.165, 1.54) is 18.5 Å². The summed E-state index contributed by atoms with van der Waals surface area (Å²) in [7, 11) is 0. The highest BCUT2D eigenvalue weighted by Crippen LogP contribution is 2.21. The average Bonchev–Trinajstić information content (AvgIpc) is 3.33. The number of benzene rings is 2. The SMILES string of the molecule is O=C(NCc1cccc(-c2ccc3ncnn3c2)c1)c1ccc(Cc2ccc(F)c(F)c2)[nH]c1=O. The lowest BCUT2D eigenvalue weighted by atomic mass is 10.0. The summed E-state index contributed by atoms with van der Waals surface area (Å²) < 4.78 is 28.2. The predicted octanol–water partition coefficient (Wildman–Crippen LogP) is 3.88. The monoisotopic (exact) mass is 471 g/mol. The van der Waals surface area contributed by atoms with E-state index in [2.05, 4.69) is 20.4 Å². The van der Waals surface area contributed by atoms with Crippen molar-refractivity contribution < 1.29 is 13.6 Å². The van der Waals surface area contributed by atoms with Gasteiger partial charge in [-0.3, -0.25) is 9.59 Å². The fourth-order valence-electron chi connectivity index (χ4n) is 3.79. The van der Waals surface area contributed by atoms with Crippen molar-refractivity contribution in [2.75, 3.05) is 0 Å². The van der Waals surface area contributed by atoms with Crippen LogP contribution >= 0.6 is 0 Å². The topological polar surface area (TPSA) is 92.2 Å². The summed E-state index contributed by atoms with van der Waals surface area (Å²) >= 11 is 0. The number of H-pyrrole nitrogens is 1. The van der Waals surface area contributed by atoms with Crippen molar-refractivity contribution in [3.8, 4) is 11.1 Å². The average molecular weight is 471 g/mol. The van der Waals surface area contributed by atoms with E-state index in [4.69, 9.17) is 0 Å². The molecule has 0 aliphatic heterocycles. The Kier molecular flexibility index (Phi) is 5.88. The molecule has 3 heterocycles. The molecule has 5 aromatic rings. The zero-order valence-corrected chi connectivity index (χ0v) is 18.3. The van der Waals surface area contributed by atoms with Gasteiger partial charge in [-0.05, 0) is 59.2 Å². The maximum absolute atomic E-state index is 13.4. The fourth-order valence-corrected chi connectivity index (χ4v) is 3.79. The highest BCUT2D eigenvalue weighted by atomic mass is 19.2. The van der Waals surface area contributed by atoms with Crippen molar-refractivity contribution in [1.29, 1.82) is 0 Å². The molecule has 2 N–H and O–H groups in total. The number of nitrogens with one attached hydrogen (secondary N) is 2. The Hall–Kier alpha value is -4.66. The second kappa shape index (κ2) is 9.30. The van der Waals surface area contributed by atoms with Crippen molar-refractivity contribution >= 4 is 11.6 Å². The second-order valence-electron chi connectivity index (χ2n) is 8.02. The molecule has 0 spiro atoms. The molecule has 35 heavy (non-hydrogen) atoms. The van der Waals surface area contributed by atoms with Gasteiger partial charge < -0.3 is 10.3 Å². The van der Waals surface area contributed by atoms with Gasteiger partial charge in [0.05, 0.1) is 0 Å². The number of halogens is 2. The first kappa shape index (κ1) is 22.1. The van der Waals surface area contributed by atoms with E-state index in [0.29, 0.717) is 11.3 Å². The van der Waals surface area contributed by atoms with Crippen LogP contribution in [-0.4, -0.2) is 25.5 Å². The zero-order valence-electron chi connectivity index (χ0n) is 18.3. The predicted molar refractivity (Wildman–Crippen MR) is 126 cm³/mol. The van der Waals surface area contributed by atoms with Crippen molar-refractivity contribution in [2.24, 2.45) is 0 Å². The lowest BCUT2D eigenvalue weighted by Gasteiger charge is -2.09. The molecular formula is C26H19F2N5O2. The first-order valence-corrected chi connectivity index (χ1v) is 10.8. The molecule has 0 atom stereocenters. The lowest BCUT2D eigenvalue weighted by Crippen LogP contribution is -2.29. The number of hydrogen-bond donors (Lipinski definition) is 2. The van der Waals surface area contributed by atoms with E-state index in [0.717, 1.165) is 34.5 Å². The second-order valence-corrected chi connectivity index (χ2v) is 8.02. The van der Waals surface area contributed by atoms with E-state index in [1.807, 2.05) is 42.6 Å². The van der Waals surface area contributed by atoms with Gasteiger partial charge in [0.15, 0.2) is 17.3 Å². The molecular weight excluding hydrogens is 452 g/mol. The van der Waals surface area contributed by atoms with E-state index in [9.17, 15) is 18.4 Å². The molecule has 0 saturated heterocycles. The molecule has 0 unspecified atom stereocenters. The van der Waals surface area contributed by atoms with E-state index in [1.54, 1.807) is 10.6 Å². The number of amides is 1. The van der Waals surface area contributed by atoms with Gasteiger partial charge in [-0.15, -0.1) is 0 Å². The molecule has 0 aliphatic rings. The van der Waals surface area contributed by atoms with Gasteiger partial charge in [0.25, 0.3) is 11.5 Å². The van der Waals surface area contributed by atoms with Crippen LogP contribution in [0.4, 0.5) is 8.78 Å². The number of rotatable bonds is 6. The Bertz CT molecular complexity index is 1610. The molecule has 9 heteroatoms. The third-order valence-corrected chi connectivity index (χ3v) is 5.58. The smallest absolute Gasteiger partial charge is 0.261 e. The number of nitrogens with zero attached hydrogens (tertiary/aromatic N) is 3. The van der Waals surface area contributed by atoms with E-state index < -0.39 is 23.1 Å². The molecule has 5 rings (SSSR count). The molecule has 7 nitrogen and oxygen atoms in total. The molecule has 0 aliphatic carbocycles. The summed E-state index contributed by atoms with van der Waals surface area (Å²) in [5.74, 6) is -2.40. The molecule has 174 valence electrons. The highest BCUT2D eigenvalue weighted by molar-refractivity contribution is 5.93. The van der Waals surface area contributed by atoms with Crippen LogP contribution in [0.1, 0.15) is 27.2 Å². The van der Waals surface area contributed by atoms with Crippen LogP contribution < -0.4 is 10.9 Å². The fraction of sp³-hybridized carbons (Fsp3) is 0.0769. The third kappa shape index (κ3) is 4.84. The quantitative estimate of drug-likeness (QED) is 0.393. The molecule has 3 aromatic heterocycles. The van der Waals surface area contributed by atoms with Crippen LogP contribution in [0, 0.1) is 11.6 Å². The van der Waals surface area contributed by atoms with Gasteiger partial charge in [0.2, 0.25) is 0 Å². The van der Waals surface area contributed by atoms with Crippen molar-refractivity contribution in [2.45, 2.75) is 13.0 Å². The van der Waals surface area contributed by atoms with Gasteiger partial charge in [-0.25, -0.2) is 18.3 Å². The summed E-state index contributed by atoms with van der Waals surface area (Å²) in [5.41, 5.74) is 3.90. The van der Waals surface area contributed by atoms with Crippen LogP contribution in [0.15, 0.2) is 84.0 Å². The maximum atomic E-state index is 13.4. The number of aromatic nitrogens is 4. The Labute approximate surface area is 198 Å². The molecule has 2 aromatic carbocycles. The van der Waals surface area contributed by atoms with Gasteiger partial charge in [0, 0.05) is 30.4 Å². The molecule has 0 bridgehead atoms. The van der Waals surface area contributed by atoms with Gasteiger partial charge >= 0.3 is 0 Å². The van der Waals surface area contributed by atoms with Crippen molar-refractivity contribution in [3.05, 3.63) is 124 Å². The summed E-state index contributed by atoms with van der Waals surface area (Å²) in [6.07, 6.45) is 3.56. The standard InChI is InChI=1S/C26H19F2N5O2/c27-22-8-4-16(12-23(22)28)11-20-6-7-21(26(35)32-20)25(34)29-13-17-2-1-3-18(10-17)19-5-9-24-30-15-31-33(24)14-19/h1-10,12,14-15H,11,13H2,(H,29,34)(H,32,35). The maximum Gasteiger partial charge on any atom is 0.261 e.